The molecule has 1 aliphatic rings. The zero-order valence-corrected chi connectivity index (χ0v) is 13.9. The predicted octanol–water partition coefficient (Wildman–Crippen LogP) is 3.56. The molecule has 5 nitrogen and oxygen atoms in total. The van der Waals surface area contributed by atoms with Crippen LogP contribution in [0.2, 0.25) is 0 Å². The van der Waals surface area contributed by atoms with Gasteiger partial charge in [0.1, 0.15) is 0 Å². The molecule has 0 unspecified atom stereocenters. The number of carbonyl (C=O) groups excluding carboxylic acids is 1. The Morgan fingerprint density at radius 3 is 2.62 bits per heavy atom. The maximum Gasteiger partial charge on any atom is 0.367 e. The zero-order chi connectivity index (χ0) is 15.6. The summed E-state index contributed by atoms with van der Waals surface area (Å²) in [4.78, 5) is 16.2. The number of ether oxygens (including phenoxy) is 2. The second kappa shape index (κ2) is 6.30. The average Bonchev–Trinajstić information content (AvgIpc) is 2.73. The van der Waals surface area contributed by atoms with Gasteiger partial charge in [-0.1, -0.05) is 5.16 Å². The van der Waals surface area contributed by atoms with Gasteiger partial charge in [-0.3, -0.25) is 0 Å². The molecule has 0 atom stereocenters. The highest BCUT2D eigenvalue weighted by Crippen LogP contribution is 2.38. The maximum absolute atomic E-state index is 11.6. The van der Waals surface area contributed by atoms with Gasteiger partial charge >= 0.3 is 5.97 Å². The van der Waals surface area contributed by atoms with Gasteiger partial charge in [0.05, 0.1) is 29.0 Å². The van der Waals surface area contributed by atoms with Crippen LogP contribution in [0.4, 0.5) is 0 Å². The van der Waals surface area contributed by atoms with Crippen molar-refractivity contribution < 1.29 is 19.1 Å². The quantitative estimate of drug-likeness (QED) is 0.613. The topological polar surface area (TPSA) is 57.1 Å². The maximum atomic E-state index is 11.6. The Hall–Kier alpha value is -1.82. The van der Waals surface area contributed by atoms with Crippen molar-refractivity contribution in [2.75, 3.05) is 7.11 Å². The van der Waals surface area contributed by atoms with E-state index in [1.807, 2.05) is 19.9 Å². The molecule has 1 aromatic rings. The fourth-order valence-corrected chi connectivity index (χ4v) is 2.41. The van der Waals surface area contributed by atoms with Gasteiger partial charge < -0.3 is 14.3 Å². The van der Waals surface area contributed by atoms with E-state index in [1.54, 1.807) is 26.2 Å². The molecule has 0 radical (unpaired) electrons. The van der Waals surface area contributed by atoms with Gasteiger partial charge in [-0.2, -0.15) is 0 Å². The standard InChI is InChI=1S/C15H16BrNO4/c1-8(2)20-14-12(16)6-10(7-13(14)19-4)5-11-9(3)17-21-15(11)18/h5-8H,1-4H3/b11-5-. The van der Waals surface area contributed by atoms with Gasteiger partial charge in [0.2, 0.25) is 0 Å². The monoisotopic (exact) mass is 353 g/mol. The van der Waals surface area contributed by atoms with Crippen LogP contribution in [0.3, 0.4) is 0 Å². The third kappa shape index (κ3) is 3.44. The van der Waals surface area contributed by atoms with Crippen LogP contribution in [0.5, 0.6) is 11.5 Å². The number of hydrogen-bond donors (Lipinski definition) is 0. The Kier molecular flexibility index (Phi) is 4.67. The van der Waals surface area contributed by atoms with E-state index in [0.717, 1.165) is 10.0 Å². The number of halogens is 1. The molecule has 0 bridgehead atoms. The van der Waals surface area contributed by atoms with Crippen molar-refractivity contribution in [2.24, 2.45) is 5.16 Å². The van der Waals surface area contributed by atoms with Crippen molar-refractivity contribution in [3.05, 3.63) is 27.7 Å². The van der Waals surface area contributed by atoms with Gasteiger partial charge in [-0.15, -0.1) is 0 Å². The van der Waals surface area contributed by atoms with Crippen molar-refractivity contribution in [1.29, 1.82) is 0 Å². The van der Waals surface area contributed by atoms with Crippen molar-refractivity contribution in [2.45, 2.75) is 26.9 Å². The first-order valence-electron chi connectivity index (χ1n) is 6.44. The Bertz CT molecular complexity index is 635. The second-order valence-electron chi connectivity index (χ2n) is 4.81. The fraction of sp³-hybridized carbons (Fsp3) is 0.333. The molecule has 6 heteroatoms. The van der Waals surface area contributed by atoms with Gasteiger partial charge in [0.15, 0.2) is 11.5 Å². The van der Waals surface area contributed by atoms with Gasteiger partial charge in [-0.25, -0.2) is 4.79 Å². The van der Waals surface area contributed by atoms with Crippen molar-refractivity contribution in [3.8, 4) is 11.5 Å². The van der Waals surface area contributed by atoms with E-state index in [2.05, 4.69) is 25.9 Å². The van der Waals surface area contributed by atoms with Crippen LogP contribution in [0, 0.1) is 0 Å². The summed E-state index contributed by atoms with van der Waals surface area (Å²) in [6.45, 7) is 5.60. The molecular weight excluding hydrogens is 338 g/mol. The zero-order valence-electron chi connectivity index (χ0n) is 12.3. The van der Waals surface area contributed by atoms with Crippen LogP contribution in [0.1, 0.15) is 26.3 Å². The molecule has 0 amide bonds. The fourth-order valence-electron chi connectivity index (χ4n) is 1.86. The Balaban J connectivity index is 2.43. The van der Waals surface area contributed by atoms with E-state index in [-0.39, 0.29) is 6.10 Å². The summed E-state index contributed by atoms with van der Waals surface area (Å²) in [7, 11) is 1.57. The minimum atomic E-state index is -0.454. The van der Waals surface area contributed by atoms with Crippen molar-refractivity contribution in [1.82, 2.24) is 0 Å². The molecule has 0 N–H and O–H groups in total. The van der Waals surface area contributed by atoms with E-state index in [4.69, 9.17) is 9.47 Å². The summed E-state index contributed by atoms with van der Waals surface area (Å²) in [6.07, 6.45) is 1.74. The summed E-state index contributed by atoms with van der Waals surface area (Å²) >= 11 is 3.47. The van der Waals surface area contributed by atoms with Crippen LogP contribution < -0.4 is 9.47 Å². The number of benzene rings is 1. The molecule has 21 heavy (non-hydrogen) atoms. The average molecular weight is 354 g/mol. The molecular formula is C15H16BrNO4. The third-order valence-corrected chi connectivity index (χ3v) is 3.38. The molecule has 0 aliphatic carbocycles. The highest BCUT2D eigenvalue weighted by molar-refractivity contribution is 9.10. The molecule has 1 aliphatic heterocycles. The van der Waals surface area contributed by atoms with Crippen molar-refractivity contribution in [3.63, 3.8) is 0 Å². The minimum Gasteiger partial charge on any atom is -0.493 e. The van der Waals surface area contributed by atoms with Crippen LogP contribution in [0.25, 0.3) is 6.08 Å². The molecule has 1 aromatic carbocycles. The van der Waals surface area contributed by atoms with E-state index in [1.165, 1.54) is 0 Å². The number of hydrogen-bond acceptors (Lipinski definition) is 5. The molecule has 0 saturated carbocycles. The summed E-state index contributed by atoms with van der Waals surface area (Å²) < 4.78 is 11.8. The molecule has 0 aromatic heterocycles. The molecule has 0 spiro atoms. The second-order valence-corrected chi connectivity index (χ2v) is 5.67. The minimum absolute atomic E-state index is 0.0265. The van der Waals surface area contributed by atoms with Crippen LogP contribution in [-0.4, -0.2) is 24.9 Å². The lowest BCUT2D eigenvalue weighted by Gasteiger charge is -2.16. The SMILES string of the molecule is COc1cc(/C=C2\C(=O)ON=C2C)cc(Br)c1OC(C)C. The number of nitrogens with zero attached hydrogens (tertiary/aromatic N) is 1. The molecule has 1 heterocycles. The smallest absolute Gasteiger partial charge is 0.367 e. The normalized spacial score (nSPS) is 16.2. The van der Waals surface area contributed by atoms with E-state index in [0.29, 0.717) is 22.8 Å². The summed E-state index contributed by atoms with van der Waals surface area (Å²) in [5.74, 6) is 0.769. The first-order chi connectivity index (χ1) is 9.92. The highest BCUT2D eigenvalue weighted by atomic mass is 79.9. The highest BCUT2D eigenvalue weighted by Gasteiger charge is 2.22. The number of methoxy groups -OCH3 is 1. The largest absolute Gasteiger partial charge is 0.493 e. The summed E-state index contributed by atoms with van der Waals surface area (Å²) in [6, 6.07) is 3.65. The van der Waals surface area contributed by atoms with E-state index in [9.17, 15) is 4.79 Å². The predicted molar refractivity (Wildman–Crippen MR) is 83.6 cm³/mol. The summed E-state index contributed by atoms with van der Waals surface area (Å²) in [5, 5.41) is 3.65. The Labute approximate surface area is 131 Å². The van der Waals surface area contributed by atoms with Crippen LogP contribution in [0.15, 0.2) is 27.3 Å². The third-order valence-electron chi connectivity index (χ3n) is 2.79. The number of oxime groups is 1. The number of carbonyl (C=O) groups is 1. The lowest BCUT2D eigenvalue weighted by Crippen LogP contribution is -2.07. The Morgan fingerprint density at radius 1 is 1.38 bits per heavy atom. The van der Waals surface area contributed by atoms with Crippen LogP contribution >= 0.6 is 15.9 Å². The molecule has 0 saturated heterocycles. The van der Waals surface area contributed by atoms with Crippen LogP contribution in [-0.2, 0) is 9.63 Å². The molecule has 0 fully saturated rings. The summed E-state index contributed by atoms with van der Waals surface area (Å²) in [5.41, 5.74) is 1.78. The number of rotatable bonds is 4. The lowest BCUT2D eigenvalue weighted by atomic mass is 10.1. The van der Waals surface area contributed by atoms with Gasteiger partial charge in [0.25, 0.3) is 0 Å². The van der Waals surface area contributed by atoms with Crippen molar-refractivity contribution >= 4 is 33.7 Å². The lowest BCUT2D eigenvalue weighted by molar-refractivity contribution is -0.136. The first kappa shape index (κ1) is 15.6. The first-order valence-corrected chi connectivity index (χ1v) is 7.24. The van der Waals surface area contributed by atoms with Gasteiger partial charge in [0, 0.05) is 0 Å². The Morgan fingerprint density at radius 2 is 2.10 bits per heavy atom. The van der Waals surface area contributed by atoms with Gasteiger partial charge in [-0.05, 0) is 60.5 Å². The van der Waals surface area contributed by atoms with E-state index < -0.39 is 5.97 Å². The molecule has 112 valence electrons. The van der Waals surface area contributed by atoms with E-state index >= 15 is 0 Å². The molecule has 2 rings (SSSR count).